The summed E-state index contributed by atoms with van der Waals surface area (Å²) >= 11 is 0. The van der Waals surface area contributed by atoms with Gasteiger partial charge in [-0.3, -0.25) is 0 Å². The molecule has 1 N–H and O–H groups in total. The standard InChI is InChI=1S/C25H20F3N7O/c1-16-13-35(15-30-16)21-8-5-18(11-22(21)36-2)31-24-32-20(12-23(33-24)25(26,27)28)17-3-6-19(7-4-17)34-10-9-29-14-34/h3-15H,1-2H3,(H,31,32,33). The lowest BCUT2D eigenvalue weighted by Crippen LogP contribution is -2.11. The van der Waals surface area contributed by atoms with E-state index in [4.69, 9.17) is 4.74 Å². The smallest absolute Gasteiger partial charge is 0.433 e. The molecule has 0 spiro atoms. The largest absolute Gasteiger partial charge is 0.494 e. The molecular weight excluding hydrogens is 471 g/mol. The summed E-state index contributed by atoms with van der Waals surface area (Å²) in [5.41, 5.74) is 2.45. The van der Waals surface area contributed by atoms with Crippen LogP contribution in [0.1, 0.15) is 11.4 Å². The van der Waals surface area contributed by atoms with E-state index in [2.05, 4.69) is 25.3 Å². The average molecular weight is 491 g/mol. The van der Waals surface area contributed by atoms with Crippen molar-refractivity contribution in [3.8, 4) is 28.4 Å². The molecule has 0 aliphatic rings. The molecule has 0 saturated heterocycles. The van der Waals surface area contributed by atoms with E-state index in [1.54, 1.807) is 76.6 Å². The number of aryl methyl sites for hydroxylation is 1. The van der Waals surface area contributed by atoms with Crippen LogP contribution in [0.5, 0.6) is 5.75 Å². The van der Waals surface area contributed by atoms with Crippen molar-refractivity contribution >= 4 is 11.6 Å². The summed E-state index contributed by atoms with van der Waals surface area (Å²) in [4.78, 5) is 16.3. The summed E-state index contributed by atoms with van der Waals surface area (Å²) in [6.45, 7) is 1.87. The molecule has 5 rings (SSSR count). The van der Waals surface area contributed by atoms with Crippen LogP contribution in [0.3, 0.4) is 0 Å². The Bertz CT molecular complexity index is 1490. The summed E-state index contributed by atoms with van der Waals surface area (Å²) in [6.07, 6.45) is 3.90. The van der Waals surface area contributed by atoms with E-state index in [9.17, 15) is 13.2 Å². The van der Waals surface area contributed by atoms with Gasteiger partial charge in [-0.2, -0.15) is 13.2 Å². The van der Waals surface area contributed by atoms with Gasteiger partial charge in [-0.05, 0) is 37.3 Å². The Labute approximate surface area is 204 Å². The van der Waals surface area contributed by atoms with Gasteiger partial charge >= 0.3 is 6.18 Å². The van der Waals surface area contributed by atoms with E-state index in [1.165, 1.54) is 7.11 Å². The summed E-state index contributed by atoms with van der Waals surface area (Å²) in [5, 5.41) is 2.88. The van der Waals surface area contributed by atoms with Crippen molar-refractivity contribution in [2.24, 2.45) is 0 Å². The monoisotopic (exact) mass is 491 g/mol. The maximum atomic E-state index is 13.7. The molecule has 11 heteroatoms. The van der Waals surface area contributed by atoms with Gasteiger partial charge in [0.2, 0.25) is 5.95 Å². The third-order valence-electron chi connectivity index (χ3n) is 5.41. The van der Waals surface area contributed by atoms with Crippen molar-refractivity contribution in [3.63, 3.8) is 0 Å². The predicted molar refractivity (Wildman–Crippen MR) is 128 cm³/mol. The number of alkyl halides is 3. The highest BCUT2D eigenvalue weighted by atomic mass is 19.4. The van der Waals surface area contributed by atoms with E-state index in [0.717, 1.165) is 23.1 Å². The summed E-state index contributed by atoms with van der Waals surface area (Å²) in [7, 11) is 1.51. The Morgan fingerprint density at radius 2 is 1.75 bits per heavy atom. The van der Waals surface area contributed by atoms with Crippen LogP contribution in [0, 0.1) is 6.92 Å². The van der Waals surface area contributed by atoms with E-state index in [0.29, 0.717) is 17.0 Å². The fourth-order valence-corrected chi connectivity index (χ4v) is 3.66. The van der Waals surface area contributed by atoms with E-state index < -0.39 is 11.9 Å². The van der Waals surface area contributed by atoms with Crippen LogP contribution in [0.4, 0.5) is 24.8 Å². The summed E-state index contributed by atoms with van der Waals surface area (Å²) in [6, 6.07) is 13.0. The van der Waals surface area contributed by atoms with Crippen molar-refractivity contribution in [1.29, 1.82) is 0 Å². The van der Waals surface area contributed by atoms with Crippen LogP contribution in [-0.2, 0) is 6.18 Å². The minimum absolute atomic E-state index is 0.134. The molecule has 0 atom stereocenters. The molecule has 0 aliphatic heterocycles. The lowest BCUT2D eigenvalue weighted by molar-refractivity contribution is -0.141. The SMILES string of the molecule is COc1cc(Nc2nc(-c3ccc(-n4ccnc4)cc3)cc(C(F)(F)F)n2)ccc1-n1cnc(C)c1. The van der Waals surface area contributed by atoms with Gasteiger partial charge in [-0.1, -0.05) is 12.1 Å². The first-order valence-electron chi connectivity index (χ1n) is 10.8. The van der Waals surface area contributed by atoms with E-state index in [1.807, 2.05) is 13.1 Å². The number of benzene rings is 2. The molecule has 5 aromatic rings. The molecule has 0 saturated carbocycles. The Morgan fingerprint density at radius 1 is 0.944 bits per heavy atom. The van der Waals surface area contributed by atoms with Crippen LogP contribution < -0.4 is 10.1 Å². The maximum Gasteiger partial charge on any atom is 0.433 e. The number of nitrogens with zero attached hydrogens (tertiary/aromatic N) is 6. The number of nitrogens with one attached hydrogen (secondary N) is 1. The van der Waals surface area contributed by atoms with Crippen molar-refractivity contribution in [1.82, 2.24) is 29.1 Å². The summed E-state index contributed by atoms with van der Waals surface area (Å²) < 4.78 is 50.0. The molecule has 182 valence electrons. The Morgan fingerprint density at radius 3 is 2.39 bits per heavy atom. The average Bonchev–Trinajstić information content (AvgIpc) is 3.56. The fourth-order valence-electron chi connectivity index (χ4n) is 3.66. The number of aromatic nitrogens is 6. The number of halogens is 3. The molecule has 36 heavy (non-hydrogen) atoms. The molecule has 0 unspecified atom stereocenters. The van der Waals surface area contributed by atoms with Gasteiger partial charge in [0.15, 0.2) is 5.69 Å². The summed E-state index contributed by atoms with van der Waals surface area (Å²) in [5.74, 6) is 0.312. The number of anilines is 2. The second-order valence-corrected chi connectivity index (χ2v) is 7.91. The molecule has 0 aliphatic carbocycles. The Balaban J connectivity index is 1.49. The maximum absolute atomic E-state index is 13.7. The molecule has 0 amide bonds. The quantitative estimate of drug-likeness (QED) is 0.333. The highest BCUT2D eigenvalue weighted by Gasteiger charge is 2.34. The molecule has 2 aromatic carbocycles. The minimum atomic E-state index is -4.65. The number of rotatable bonds is 6. The number of ether oxygens (including phenoxy) is 1. The van der Waals surface area contributed by atoms with Crippen LogP contribution in [-0.4, -0.2) is 36.2 Å². The van der Waals surface area contributed by atoms with Crippen LogP contribution in [0.15, 0.2) is 79.8 Å². The number of methoxy groups -OCH3 is 1. The molecule has 8 nitrogen and oxygen atoms in total. The van der Waals surface area contributed by atoms with Crippen molar-refractivity contribution < 1.29 is 17.9 Å². The molecule has 3 aromatic heterocycles. The predicted octanol–water partition coefficient (Wildman–Crippen LogP) is 5.59. The van der Waals surface area contributed by atoms with Crippen molar-refractivity contribution in [2.45, 2.75) is 13.1 Å². The second kappa shape index (κ2) is 9.17. The van der Waals surface area contributed by atoms with Crippen LogP contribution in [0.25, 0.3) is 22.6 Å². The van der Waals surface area contributed by atoms with Crippen LogP contribution in [0.2, 0.25) is 0 Å². The molecule has 3 heterocycles. The lowest BCUT2D eigenvalue weighted by atomic mass is 10.1. The highest BCUT2D eigenvalue weighted by molar-refractivity contribution is 5.66. The Kier molecular flexibility index (Phi) is 5.88. The van der Waals surface area contributed by atoms with Gasteiger partial charge in [-0.15, -0.1) is 0 Å². The van der Waals surface area contributed by atoms with Crippen molar-refractivity contribution in [3.05, 3.63) is 91.2 Å². The Hall–Kier alpha value is -4.67. The van der Waals surface area contributed by atoms with Gasteiger partial charge in [0, 0.05) is 41.6 Å². The van der Waals surface area contributed by atoms with Gasteiger partial charge in [0.1, 0.15) is 5.75 Å². The topological polar surface area (TPSA) is 82.7 Å². The number of hydrogen-bond donors (Lipinski definition) is 1. The fraction of sp³-hybridized carbons (Fsp3) is 0.120. The van der Waals surface area contributed by atoms with Gasteiger partial charge in [0.25, 0.3) is 0 Å². The van der Waals surface area contributed by atoms with Crippen molar-refractivity contribution in [2.75, 3.05) is 12.4 Å². The van der Waals surface area contributed by atoms with Gasteiger partial charge in [0.05, 0.1) is 36.8 Å². The third-order valence-corrected chi connectivity index (χ3v) is 5.41. The van der Waals surface area contributed by atoms with E-state index >= 15 is 0 Å². The zero-order valence-corrected chi connectivity index (χ0v) is 19.2. The first-order valence-corrected chi connectivity index (χ1v) is 10.8. The van der Waals surface area contributed by atoms with Gasteiger partial charge in [-0.25, -0.2) is 19.9 Å². The molecule has 0 bridgehead atoms. The zero-order valence-electron chi connectivity index (χ0n) is 19.2. The normalized spacial score (nSPS) is 11.5. The first kappa shape index (κ1) is 23.1. The zero-order chi connectivity index (χ0) is 25.3. The van der Waals surface area contributed by atoms with Crippen LogP contribution >= 0.6 is 0 Å². The first-order chi connectivity index (χ1) is 17.3. The number of imidazole rings is 2. The molecular formula is C25H20F3N7O. The highest BCUT2D eigenvalue weighted by Crippen LogP contribution is 2.33. The third kappa shape index (κ3) is 4.76. The number of hydrogen-bond acceptors (Lipinski definition) is 6. The molecule has 0 fully saturated rings. The minimum Gasteiger partial charge on any atom is -0.494 e. The molecule has 0 radical (unpaired) electrons. The van der Waals surface area contributed by atoms with Gasteiger partial charge < -0.3 is 19.2 Å². The second-order valence-electron chi connectivity index (χ2n) is 7.91. The lowest BCUT2D eigenvalue weighted by Gasteiger charge is -2.14. The van der Waals surface area contributed by atoms with E-state index in [-0.39, 0.29) is 11.6 Å².